The van der Waals surface area contributed by atoms with Crippen molar-refractivity contribution >= 4 is 5.69 Å². The first-order valence-electron chi connectivity index (χ1n) is 7.84. The highest BCUT2D eigenvalue weighted by atomic mass is 16.5. The minimum Gasteiger partial charge on any atom is -0.378 e. The molecule has 1 saturated heterocycles. The highest BCUT2D eigenvalue weighted by Crippen LogP contribution is 2.48. The molecule has 0 aliphatic carbocycles. The third-order valence-electron chi connectivity index (χ3n) is 4.77. The van der Waals surface area contributed by atoms with Gasteiger partial charge >= 0.3 is 0 Å². The maximum Gasteiger partial charge on any atom is 0.0991 e. The van der Waals surface area contributed by atoms with Crippen molar-refractivity contribution in [3.05, 3.63) is 65.2 Å². The Morgan fingerprint density at radius 3 is 2.73 bits per heavy atom. The van der Waals surface area contributed by atoms with Crippen LogP contribution in [0.3, 0.4) is 0 Å². The van der Waals surface area contributed by atoms with Gasteiger partial charge in [0.2, 0.25) is 0 Å². The summed E-state index contributed by atoms with van der Waals surface area (Å²) < 4.78 is 6.11. The van der Waals surface area contributed by atoms with Crippen LogP contribution in [0, 0.1) is 17.2 Å². The molecule has 110 valence electrons. The van der Waals surface area contributed by atoms with Gasteiger partial charge in [0.15, 0.2) is 0 Å². The van der Waals surface area contributed by atoms with Crippen molar-refractivity contribution in [1.29, 1.82) is 5.26 Å². The van der Waals surface area contributed by atoms with Gasteiger partial charge in [-0.25, -0.2) is 0 Å². The number of nitrogens with zero attached hydrogens (tertiary/aromatic N) is 1. The number of ether oxygens (including phenoxy) is 1. The fraction of sp³-hybridized carbons (Fsp3) is 0.316. The predicted molar refractivity (Wildman–Crippen MR) is 85.4 cm³/mol. The summed E-state index contributed by atoms with van der Waals surface area (Å²) in [6, 6.07) is 18.8. The minimum atomic E-state index is 0.173. The van der Waals surface area contributed by atoms with Crippen LogP contribution in [0.5, 0.6) is 0 Å². The molecule has 3 nitrogen and oxygen atoms in total. The molecule has 3 atom stereocenters. The average molecular weight is 290 g/mol. The first-order chi connectivity index (χ1) is 10.9. The SMILES string of the molecule is N#Cc1ccc([C@@H]2Nc3ccccc3[C@H]3OCCC[C@H]32)cc1. The Hall–Kier alpha value is -2.31. The molecular weight excluding hydrogens is 272 g/mol. The maximum atomic E-state index is 8.97. The van der Waals surface area contributed by atoms with Crippen LogP contribution in [0.2, 0.25) is 0 Å². The van der Waals surface area contributed by atoms with E-state index in [1.807, 2.05) is 12.1 Å². The Labute approximate surface area is 130 Å². The second-order valence-electron chi connectivity index (χ2n) is 6.04. The van der Waals surface area contributed by atoms with Crippen LogP contribution < -0.4 is 5.32 Å². The van der Waals surface area contributed by atoms with E-state index in [2.05, 4.69) is 47.8 Å². The zero-order valence-electron chi connectivity index (χ0n) is 12.3. The average Bonchev–Trinajstić information content (AvgIpc) is 2.61. The van der Waals surface area contributed by atoms with Gasteiger partial charge in [0.1, 0.15) is 0 Å². The van der Waals surface area contributed by atoms with E-state index in [-0.39, 0.29) is 12.1 Å². The van der Waals surface area contributed by atoms with E-state index in [0.717, 1.165) is 19.4 Å². The fourth-order valence-corrected chi connectivity index (χ4v) is 3.71. The number of nitriles is 1. The molecule has 2 aliphatic rings. The summed E-state index contributed by atoms with van der Waals surface area (Å²) in [6.45, 7) is 0.843. The first-order valence-corrected chi connectivity index (χ1v) is 7.84. The summed E-state index contributed by atoms with van der Waals surface area (Å²) >= 11 is 0. The summed E-state index contributed by atoms with van der Waals surface area (Å²) in [5, 5.41) is 12.7. The molecule has 0 unspecified atom stereocenters. The van der Waals surface area contributed by atoms with Gasteiger partial charge < -0.3 is 10.1 Å². The molecule has 0 aromatic heterocycles. The lowest BCUT2D eigenvalue weighted by Crippen LogP contribution is -2.35. The van der Waals surface area contributed by atoms with Gasteiger partial charge in [0.25, 0.3) is 0 Å². The fourth-order valence-electron chi connectivity index (χ4n) is 3.71. The number of fused-ring (bicyclic) bond motifs is 3. The molecule has 0 radical (unpaired) electrons. The van der Waals surface area contributed by atoms with Crippen LogP contribution in [-0.4, -0.2) is 6.61 Å². The van der Waals surface area contributed by atoms with E-state index < -0.39 is 0 Å². The van der Waals surface area contributed by atoms with Crippen molar-refractivity contribution in [2.75, 3.05) is 11.9 Å². The quantitative estimate of drug-likeness (QED) is 0.856. The van der Waals surface area contributed by atoms with Gasteiger partial charge in [0, 0.05) is 23.8 Å². The molecular formula is C19H18N2O. The molecule has 0 amide bonds. The van der Waals surface area contributed by atoms with Crippen LogP contribution in [0.15, 0.2) is 48.5 Å². The van der Waals surface area contributed by atoms with Gasteiger partial charge in [-0.1, -0.05) is 30.3 Å². The third kappa shape index (κ3) is 2.17. The number of benzene rings is 2. The van der Waals surface area contributed by atoms with Crippen molar-refractivity contribution in [3.63, 3.8) is 0 Å². The van der Waals surface area contributed by atoms with E-state index in [0.29, 0.717) is 11.5 Å². The van der Waals surface area contributed by atoms with Crippen LogP contribution in [0.1, 0.15) is 41.7 Å². The highest BCUT2D eigenvalue weighted by Gasteiger charge is 2.39. The molecule has 2 aromatic rings. The monoisotopic (exact) mass is 290 g/mol. The van der Waals surface area contributed by atoms with E-state index in [1.54, 1.807) is 0 Å². The number of nitrogens with one attached hydrogen (secondary N) is 1. The largest absolute Gasteiger partial charge is 0.378 e. The third-order valence-corrected chi connectivity index (χ3v) is 4.77. The molecule has 0 bridgehead atoms. The maximum absolute atomic E-state index is 8.97. The van der Waals surface area contributed by atoms with Crippen molar-refractivity contribution in [3.8, 4) is 6.07 Å². The number of rotatable bonds is 1. The number of anilines is 1. The van der Waals surface area contributed by atoms with Crippen LogP contribution in [0.4, 0.5) is 5.69 Å². The van der Waals surface area contributed by atoms with Crippen molar-refractivity contribution in [1.82, 2.24) is 0 Å². The topological polar surface area (TPSA) is 45.0 Å². The summed E-state index contributed by atoms with van der Waals surface area (Å²) in [6.07, 6.45) is 2.45. The molecule has 0 saturated carbocycles. The Morgan fingerprint density at radius 2 is 1.91 bits per heavy atom. The molecule has 2 heterocycles. The molecule has 0 spiro atoms. The molecule has 4 rings (SSSR count). The van der Waals surface area contributed by atoms with Gasteiger partial charge in [-0.05, 0) is 36.6 Å². The van der Waals surface area contributed by atoms with E-state index in [9.17, 15) is 0 Å². The lowest BCUT2D eigenvalue weighted by Gasteiger charge is -2.43. The molecule has 3 heteroatoms. The summed E-state index contributed by atoms with van der Waals surface area (Å²) in [5.74, 6) is 0.441. The van der Waals surface area contributed by atoms with Crippen molar-refractivity contribution in [2.45, 2.75) is 25.0 Å². The van der Waals surface area contributed by atoms with Gasteiger partial charge in [-0.15, -0.1) is 0 Å². The second kappa shape index (κ2) is 5.47. The van der Waals surface area contributed by atoms with Crippen molar-refractivity contribution < 1.29 is 4.74 Å². The van der Waals surface area contributed by atoms with Crippen molar-refractivity contribution in [2.24, 2.45) is 5.92 Å². The Morgan fingerprint density at radius 1 is 1.09 bits per heavy atom. The van der Waals surface area contributed by atoms with E-state index >= 15 is 0 Å². The Balaban J connectivity index is 1.74. The Kier molecular flexibility index (Phi) is 3.32. The minimum absolute atomic E-state index is 0.173. The number of hydrogen-bond acceptors (Lipinski definition) is 3. The summed E-state index contributed by atoms with van der Waals surface area (Å²) in [5.41, 5.74) is 4.38. The van der Waals surface area contributed by atoms with E-state index in [1.165, 1.54) is 16.8 Å². The summed E-state index contributed by atoms with van der Waals surface area (Å²) in [7, 11) is 0. The number of para-hydroxylation sites is 1. The standard InChI is InChI=1S/C19H18N2O/c20-12-13-7-9-14(10-8-13)18-16-5-3-11-22-19(16)15-4-1-2-6-17(15)21-18/h1-2,4,6-10,16,18-19,21H,3,5,11H2/t16-,18-,19+/m0/s1. The second-order valence-corrected chi connectivity index (χ2v) is 6.04. The lowest BCUT2D eigenvalue weighted by molar-refractivity contribution is -0.0381. The Bertz CT molecular complexity index is 717. The van der Waals surface area contributed by atoms with Crippen LogP contribution in [0.25, 0.3) is 0 Å². The molecule has 1 fully saturated rings. The zero-order valence-corrected chi connectivity index (χ0v) is 12.3. The normalized spacial score (nSPS) is 26.2. The molecule has 22 heavy (non-hydrogen) atoms. The molecule has 1 N–H and O–H groups in total. The summed E-state index contributed by atoms with van der Waals surface area (Å²) in [4.78, 5) is 0. The van der Waals surface area contributed by atoms with Crippen LogP contribution in [-0.2, 0) is 4.74 Å². The molecule has 2 aromatic carbocycles. The van der Waals surface area contributed by atoms with Gasteiger partial charge in [-0.2, -0.15) is 5.26 Å². The number of hydrogen-bond donors (Lipinski definition) is 1. The first kappa shape index (κ1) is 13.4. The van der Waals surface area contributed by atoms with Crippen LogP contribution >= 0.6 is 0 Å². The zero-order chi connectivity index (χ0) is 14.9. The van der Waals surface area contributed by atoms with Gasteiger partial charge in [0.05, 0.1) is 23.8 Å². The predicted octanol–water partition coefficient (Wildman–Crippen LogP) is 4.19. The highest BCUT2D eigenvalue weighted by molar-refractivity contribution is 5.57. The lowest BCUT2D eigenvalue weighted by atomic mass is 9.77. The van der Waals surface area contributed by atoms with E-state index in [4.69, 9.17) is 10.00 Å². The van der Waals surface area contributed by atoms with Gasteiger partial charge in [-0.3, -0.25) is 0 Å². The molecule has 2 aliphatic heterocycles. The smallest absolute Gasteiger partial charge is 0.0991 e.